The fourth-order valence-corrected chi connectivity index (χ4v) is 7.80. The molecule has 5 aromatic carbocycles. The Morgan fingerprint density at radius 3 is 1.98 bits per heavy atom. The molecule has 0 saturated heterocycles. The summed E-state index contributed by atoms with van der Waals surface area (Å²) in [5, 5.41) is 4.86. The number of allylic oxidation sites excluding steroid dienone is 1. The molecule has 0 fully saturated rings. The van der Waals surface area contributed by atoms with Crippen LogP contribution in [0.4, 0.5) is 11.4 Å². The number of ether oxygens (including phenoxy) is 1. The van der Waals surface area contributed by atoms with E-state index in [0.29, 0.717) is 0 Å². The van der Waals surface area contributed by atoms with E-state index in [0.717, 1.165) is 73.1 Å². The van der Waals surface area contributed by atoms with E-state index < -0.39 is 0 Å². The van der Waals surface area contributed by atoms with E-state index in [9.17, 15) is 0 Å². The lowest BCUT2D eigenvalue weighted by Gasteiger charge is -2.30. The molecule has 4 aromatic heterocycles. The third kappa shape index (κ3) is 4.40. The molecule has 5 heterocycles. The number of nitrogens with zero attached hydrogens (tertiary/aromatic N) is 2. The van der Waals surface area contributed by atoms with Crippen LogP contribution in [0.3, 0.4) is 0 Å². The number of furan rings is 3. The number of aromatic nitrogens is 1. The van der Waals surface area contributed by atoms with Crippen LogP contribution in [0.25, 0.3) is 66.5 Å². The first-order chi connectivity index (χ1) is 25.2. The Morgan fingerprint density at radius 2 is 1.25 bits per heavy atom. The van der Waals surface area contributed by atoms with E-state index in [2.05, 4.69) is 125 Å². The molecule has 0 saturated carbocycles. The Morgan fingerprint density at radius 1 is 0.588 bits per heavy atom. The van der Waals surface area contributed by atoms with Crippen LogP contribution in [0.5, 0.6) is 5.75 Å². The number of rotatable bonds is 5. The zero-order valence-corrected chi connectivity index (χ0v) is 27.2. The smallest absolute Gasteiger partial charge is 0.173 e. The van der Waals surface area contributed by atoms with Gasteiger partial charge in [0.1, 0.15) is 28.9 Å². The lowest BCUT2D eigenvalue weighted by molar-refractivity contribution is 0.270. The molecule has 1 aliphatic carbocycles. The van der Waals surface area contributed by atoms with Gasteiger partial charge in [-0.3, -0.25) is 4.98 Å². The van der Waals surface area contributed by atoms with Crippen molar-refractivity contribution in [2.75, 3.05) is 4.90 Å². The molecular formula is C45H28N2O4. The maximum absolute atomic E-state index is 6.89. The first-order valence-electron chi connectivity index (χ1n) is 17.1. The van der Waals surface area contributed by atoms with Crippen molar-refractivity contribution in [1.29, 1.82) is 0 Å². The predicted octanol–water partition coefficient (Wildman–Crippen LogP) is 11.9. The van der Waals surface area contributed by atoms with Crippen molar-refractivity contribution in [3.05, 3.63) is 169 Å². The van der Waals surface area contributed by atoms with Gasteiger partial charge in [0.25, 0.3) is 0 Å². The summed E-state index contributed by atoms with van der Waals surface area (Å²) in [7, 11) is 0. The minimum Gasteiger partial charge on any atom is -0.484 e. The summed E-state index contributed by atoms with van der Waals surface area (Å²) in [6.45, 7) is 0. The van der Waals surface area contributed by atoms with Crippen LogP contribution in [-0.4, -0.2) is 11.1 Å². The zero-order valence-electron chi connectivity index (χ0n) is 27.2. The van der Waals surface area contributed by atoms with Crippen LogP contribution >= 0.6 is 0 Å². The maximum Gasteiger partial charge on any atom is 0.173 e. The van der Waals surface area contributed by atoms with Gasteiger partial charge in [0.2, 0.25) is 0 Å². The van der Waals surface area contributed by atoms with E-state index >= 15 is 0 Å². The van der Waals surface area contributed by atoms with Gasteiger partial charge in [-0.15, -0.1) is 0 Å². The van der Waals surface area contributed by atoms with Gasteiger partial charge in [-0.25, -0.2) is 0 Å². The highest BCUT2D eigenvalue weighted by Crippen LogP contribution is 2.51. The van der Waals surface area contributed by atoms with Crippen molar-refractivity contribution in [3.63, 3.8) is 0 Å². The lowest BCUT2D eigenvalue weighted by Crippen LogP contribution is -2.24. The van der Waals surface area contributed by atoms with Crippen LogP contribution in [0.2, 0.25) is 0 Å². The first kappa shape index (κ1) is 28.1. The first-order valence-corrected chi connectivity index (χ1v) is 17.1. The Balaban J connectivity index is 1.00. The van der Waals surface area contributed by atoms with Crippen molar-refractivity contribution in [3.8, 4) is 28.4 Å². The quantitative estimate of drug-likeness (QED) is 0.171. The van der Waals surface area contributed by atoms with Gasteiger partial charge < -0.3 is 22.9 Å². The molecular weight excluding hydrogens is 633 g/mol. The third-order valence-electron chi connectivity index (χ3n) is 10.2. The minimum atomic E-state index is -0.156. The minimum absolute atomic E-state index is 0.101. The van der Waals surface area contributed by atoms with Crippen LogP contribution in [0.15, 0.2) is 177 Å². The molecule has 0 N–H and O–H groups in total. The Labute approximate surface area is 292 Å². The monoisotopic (exact) mass is 660 g/mol. The van der Waals surface area contributed by atoms with Crippen LogP contribution in [0.1, 0.15) is 11.5 Å². The second kappa shape index (κ2) is 10.9. The molecule has 9 aromatic rings. The van der Waals surface area contributed by atoms with Crippen LogP contribution in [0, 0.1) is 0 Å². The fraction of sp³-hybridized carbons (Fsp3) is 0.0444. The summed E-state index contributed by atoms with van der Waals surface area (Å²) < 4.78 is 24.6. The number of fused-ring (bicyclic) bond motifs is 10. The van der Waals surface area contributed by atoms with Crippen molar-refractivity contribution < 1.29 is 18.0 Å². The molecule has 0 bridgehead atoms. The number of benzene rings is 5. The van der Waals surface area contributed by atoms with Gasteiger partial charge in [0.15, 0.2) is 16.7 Å². The average Bonchev–Trinajstić information content (AvgIpc) is 3.98. The number of hydrogen-bond acceptors (Lipinski definition) is 6. The molecule has 2 atom stereocenters. The van der Waals surface area contributed by atoms with Crippen molar-refractivity contribution in [2.24, 2.45) is 0 Å². The van der Waals surface area contributed by atoms with Crippen LogP contribution < -0.4 is 9.64 Å². The topological polar surface area (TPSA) is 64.8 Å². The third-order valence-corrected chi connectivity index (χ3v) is 10.2. The second-order valence-corrected chi connectivity index (χ2v) is 13.1. The molecule has 0 spiro atoms. The highest BCUT2D eigenvalue weighted by Gasteiger charge is 2.37. The molecule has 1 aliphatic heterocycles. The SMILES string of the molecule is C1=CC2c3c(c4ccccc4c4ccccc34)OC2C=C1N(c1ccc(-c2cc3ncccc3o2)cc1)c1ccc(-c2cc3occc3o2)cc1. The summed E-state index contributed by atoms with van der Waals surface area (Å²) in [6, 6.07) is 43.7. The van der Waals surface area contributed by atoms with Gasteiger partial charge in [0.05, 0.1) is 6.26 Å². The fourth-order valence-electron chi connectivity index (χ4n) is 7.80. The highest BCUT2D eigenvalue weighted by atomic mass is 16.5. The van der Waals surface area contributed by atoms with E-state index in [4.69, 9.17) is 18.0 Å². The number of anilines is 2. The summed E-state index contributed by atoms with van der Waals surface area (Å²) >= 11 is 0. The predicted molar refractivity (Wildman–Crippen MR) is 201 cm³/mol. The summed E-state index contributed by atoms with van der Waals surface area (Å²) in [5.74, 6) is 2.63. The molecule has 2 unspecified atom stereocenters. The summed E-state index contributed by atoms with van der Waals surface area (Å²) in [5.41, 5.74) is 9.35. The normalized spacial score (nSPS) is 16.4. The second-order valence-electron chi connectivity index (χ2n) is 13.1. The van der Waals surface area contributed by atoms with E-state index in [-0.39, 0.29) is 12.0 Å². The Bertz CT molecular complexity index is 2790. The van der Waals surface area contributed by atoms with E-state index in [1.807, 2.05) is 30.3 Å². The average molecular weight is 661 g/mol. The summed E-state index contributed by atoms with van der Waals surface area (Å²) in [6.07, 6.45) is 10.1. The Hall–Kier alpha value is -6.79. The summed E-state index contributed by atoms with van der Waals surface area (Å²) in [4.78, 5) is 6.72. The van der Waals surface area contributed by atoms with Gasteiger partial charge in [-0.2, -0.15) is 0 Å². The van der Waals surface area contributed by atoms with Crippen molar-refractivity contribution in [2.45, 2.75) is 12.0 Å². The lowest BCUT2D eigenvalue weighted by atomic mass is 9.85. The van der Waals surface area contributed by atoms with Gasteiger partial charge in [-0.05, 0) is 89.0 Å². The molecule has 51 heavy (non-hydrogen) atoms. The molecule has 0 radical (unpaired) electrons. The van der Waals surface area contributed by atoms with Crippen molar-refractivity contribution in [1.82, 2.24) is 4.98 Å². The maximum atomic E-state index is 6.89. The molecule has 6 heteroatoms. The Kier molecular flexibility index (Phi) is 5.98. The molecule has 2 aliphatic rings. The van der Waals surface area contributed by atoms with Gasteiger partial charge in [0, 0.05) is 69.5 Å². The highest BCUT2D eigenvalue weighted by molar-refractivity contribution is 6.13. The van der Waals surface area contributed by atoms with E-state index in [1.165, 1.54) is 21.7 Å². The molecule has 0 amide bonds. The zero-order chi connectivity index (χ0) is 33.5. The van der Waals surface area contributed by atoms with Crippen molar-refractivity contribution >= 4 is 55.2 Å². The largest absolute Gasteiger partial charge is 0.484 e. The molecule has 242 valence electrons. The van der Waals surface area contributed by atoms with Crippen LogP contribution in [-0.2, 0) is 0 Å². The van der Waals surface area contributed by atoms with Gasteiger partial charge >= 0.3 is 0 Å². The molecule has 11 rings (SSSR count). The van der Waals surface area contributed by atoms with Gasteiger partial charge in [-0.1, -0.05) is 54.6 Å². The standard InChI is InChI=1S/C45H28N2O4/c1-3-8-34-32(6-1)33-7-2-4-9-35(33)45-44(34)36-20-19-31(24-42(36)51-45)47(30-17-13-28(14-18-30)41-26-43-39(50-41)21-23-48-43)29-15-11-27(12-16-29)40-25-37-38(49-40)10-5-22-46-37/h1-26,36,42H. The number of hydrogen-bond donors (Lipinski definition) is 0. The molecule has 6 nitrogen and oxygen atoms in total. The number of pyridine rings is 1. The van der Waals surface area contributed by atoms with E-state index in [1.54, 1.807) is 12.5 Å².